The Kier molecular flexibility index (Phi) is 3.60. The van der Waals surface area contributed by atoms with Crippen LogP contribution in [0.15, 0.2) is 30.3 Å². The molecule has 0 saturated carbocycles. The molecule has 4 nitrogen and oxygen atoms in total. The number of amides is 1. The monoisotopic (exact) mass is 307 g/mol. The molecule has 0 spiro atoms. The van der Waals surface area contributed by atoms with Gasteiger partial charge < -0.3 is 16.5 Å². The number of nitrogens with one attached hydrogen (secondary N) is 1. The summed E-state index contributed by atoms with van der Waals surface area (Å²) in [4.78, 5) is 14.8. The normalized spacial score (nSPS) is 11.1. The lowest BCUT2D eigenvalue weighted by Crippen LogP contribution is -2.13. The van der Waals surface area contributed by atoms with E-state index in [2.05, 4.69) is 24.0 Å². The van der Waals surface area contributed by atoms with Crippen LogP contribution in [0.5, 0.6) is 0 Å². The Labute approximate surface area is 135 Å². The van der Waals surface area contributed by atoms with Crippen molar-refractivity contribution in [1.29, 1.82) is 0 Å². The van der Waals surface area contributed by atoms with Crippen molar-refractivity contribution in [3.8, 4) is 11.1 Å². The highest BCUT2D eigenvalue weighted by Crippen LogP contribution is 2.37. The fourth-order valence-electron chi connectivity index (χ4n) is 3.15. The number of benzene rings is 2. The van der Waals surface area contributed by atoms with E-state index in [4.69, 9.17) is 11.5 Å². The lowest BCUT2D eigenvalue weighted by molar-refractivity contribution is -0.117. The van der Waals surface area contributed by atoms with Gasteiger partial charge in [0, 0.05) is 16.8 Å². The number of carbonyl (C=O) groups excluding carboxylic acids is 1. The highest BCUT2D eigenvalue weighted by Gasteiger charge is 2.16. The van der Waals surface area contributed by atoms with Crippen LogP contribution in [0.4, 0.5) is 5.69 Å². The second kappa shape index (κ2) is 5.47. The summed E-state index contributed by atoms with van der Waals surface area (Å²) >= 11 is 0. The van der Waals surface area contributed by atoms with Gasteiger partial charge in [0.05, 0.1) is 11.9 Å². The number of hydrogen-bond acceptors (Lipinski definition) is 2. The summed E-state index contributed by atoms with van der Waals surface area (Å²) in [6, 6.07) is 9.99. The third kappa shape index (κ3) is 2.46. The minimum atomic E-state index is -0.330. The van der Waals surface area contributed by atoms with Crippen molar-refractivity contribution >= 4 is 22.5 Å². The van der Waals surface area contributed by atoms with Gasteiger partial charge in [-0.1, -0.05) is 24.3 Å². The summed E-state index contributed by atoms with van der Waals surface area (Å²) in [6.07, 6.45) is 0.228. The van der Waals surface area contributed by atoms with Gasteiger partial charge in [-0.15, -0.1) is 0 Å². The van der Waals surface area contributed by atoms with E-state index in [0.29, 0.717) is 0 Å². The van der Waals surface area contributed by atoms with Crippen molar-refractivity contribution in [2.75, 3.05) is 5.73 Å². The summed E-state index contributed by atoms with van der Waals surface area (Å²) in [5, 5.41) is 1.13. The fourth-order valence-corrected chi connectivity index (χ4v) is 3.15. The Bertz CT molecular complexity index is 922. The van der Waals surface area contributed by atoms with Crippen molar-refractivity contribution in [2.45, 2.75) is 27.2 Å². The molecule has 1 heterocycles. The quantitative estimate of drug-likeness (QED) is 0.648. The number of hydrogen-bond donors (Lipinski definition) is 3. The fraction of sp³-hybridized carbons (Fsp3) is 0.211. The van der Waals surface area contributed by atoms with E-state index >= 15 is 0 Å². The van der Waals surface area contributed by atoms with Crippen LogP contribution in [0.2, 0.25) is 0 Å². The predicted molar refractivity (Wildman–Crippen MR) is 95.3 cm³/mol. The first-order valence-corrected chi connectivity index (χ1v) is 7.64. The maximum Gasteiger partial charge on any atom is 0.221 e. The first-order chi connectivity index (χ1) is 10.9. The van der Waals surface area contributed by atoms with E-state index < -0.39 is 0 Å². The van der Waals surface area contributed by atoms with Gasteiger partial charge >= 0.3 is 0 Å². The number of aromatic amines is 1. The zero-order chi connectivity index (χ0) is 16.7. The maximum absolute atomic E-state index is 11.3. The van der Waals surface area contributed by atoms with E-state index in [1.165, 1.54) is 5.56 Å². The highest BCUT2D eigenvalue weighted by molar-refractivity contribution is 6.02. The minimum Gasteiger partial charge on any atom is -0.398 e. The van der Waals surface area contributed by atoms with Gasteiger partial charge in [0.25, 0.3) is 0 Å². The van der Waals surface area contributed by atoms with Crippen LogP contribution in [-0.2, 0) is 11.2 Å². The standard InChI is InChI=1S/C19H21N3O/c1-10-12(3)22-19-13(9-17(21)23)7-8-15(18(10)19)14-5-4-6-16(20)11(14)2/h4-8,22H,9,20H2,1-3H3,(H2,21,23). The third-order valence-electron chi connectivity index (χ3n) is 4.57. The number of H-pyrrole nitrogens is 1. The van der Waals surface area contributed by atoms with Gasteiger partial charge in [0.1, 0.15) is 0 Å². The Hall–Kier alpha value is -2.75. The second-order valence-corrected chi connectivity index (χ2v) is 6.06. The largest absolute Gasteiger partial charge is 0.398 e. The molecular formula is C19H21N3O. The van der Waals surface area contributed by atoms with Gasteiger partial charge in [-0.3, -0.25) is 4.79 Å². The van der Waals surface area contributed by atoms with Crippen molar-refractivity contribution in [2.24, 2.45) is 5.73 Å². The molecule has 0 aliphatic carbocycles. The molecule has 0 aliphatic rings. The Balaban J connectivity index is 2.35. The van der Waals surface area contributed by atoms with Gasteiger partial charge in [0.2, 0.25) is 5.91 Å². The number of primary amides is 1. The van der Waals surface area contributed by atoms with E-state index in [0.717, 1.165) is 44.5 Å². The minimum absolute atomic E-state index is 0.228. The smallest absolute Gasteiger partial charge is 0.221 e. The molecule has 0 saturated heterocycles. The Morgan fingerprint density at radius 3 is 2.48 bits per heavy atom. The lowest BCUT2D eigenvalue weighted by Gasteiger charge is -2.12. The average Bonchev–Trinajstić information content (AvgIpc) is 2.79. The van der Waals surface area contributed by atoms with Crippen LogP contribution < -0.4 is 11.5 Å². The number of aromatic nitrogens is 1. The molecule has 4 heteroatoms. The van der Waals surface area contributed by atoms with Gasteiger partial charge in [-0.25, -0.2) is 0 Å². The zero-order valence-electron chi connectivity index (χ0n) is 13.7. The number of aryl methyl sites for hydroxylation is 2. The summed E-state index contributed by atoms with van der Waals surface area (Å²) in [5.41, 5.74) is 19.7. The molecule has 1 amide bonds. The first-order valence-electron chi connectivity index (χ1n) is 7.64. The number of fused-ring (bicyclic) bond motifs is 1. The number of anilines is 1. The number of rotatable bonds is 3. The van der Waals surface area contributed by atoms with E-state index in [-0.39, 0.29) is 12.3 Å². The molecule has 5 N–H and O–H groups in total. The van der Waals surface area contributed by atoms with E-state index in [1.54, 1.807) is 0 Å². The summed E-state index contributed by atoms with van der Waals surface area (Å²) in [5.74, 6) is -0.330. The van der Waals surface area contributed by atoms with Crippen LogP contribution in [0.3, 0.4) is 0 Å². The highest BCUT2D eigenvalue weighted by atomic mass is 16.1. The summed E-state index contributed by atoms with van der Waals surface area (Å²) < 4.78 is 0. The molecule has 118 valence electrons. The molecular weight excluding hydrogens is 286 g/mol. The Morgan fingerprint density at radius 2 is 1.78 bits per heavy atom. The predicted octanol–water partition coefficient (Wildman–Crippen LogP) is 3.37. The molecule has 0 radical (unpaired) electrons. The molecule has 0 aliphatic heterocycles. The molecule has 0 atom stereocenters. The number of nitrogens with two attached hydrogens (primary N) is 2. The van der Waals surface area contributed by atoms with Crippen molar-refractivity contribution in [3.63, 3.8) is 0 Å². The molecule has 0 unspecified atom stereocenters. The molecule has 0 bridgehead atoms. The summed E-state index contributed by atoms with van der Waals surface area (Å²) in [7, 11) is 0. The van der Waals surface area contributed by atoms with Gasteiger partial charge in [-0.2, -0.15) is 0 Å². The van der Waals surface area contributed by atoms with E-state index in [1.807, 2.05) is 32.0 Å². The maximum atomic E-state index is 11.3. The first kappa shape index (κ1) is 15.2. The Morgan fingerprint density at radius 1 is 1.04 bits per heavy atom. The van der Waals surface area contributed by atoms with Crippen LogP contribution >= 0.6 is 0 Å². The molecule has 2 aromatic carbocycles. The van der Waals surface area contributed by atoms with Crippen LogP contribution in [0.1, 0.15) is 22.4 Å². The SMILES string of the molecule is Cc1[nH]c2c(CC(N)=O)ccc(-c3cccc(N)c3C)c2c1C. The van der Waals surface area contributed by atoms with E-state index in [9.17, 15) is 4.79 Å². The van der Waals surface area contributed by atoms with Crippen molar-refractivity contribution in [1.82, 2.24) is 4.98 Å². The summed E-state index contributed by atoms with van der Waals surface area (Å²) in [6.45, 7) is 6.16. The second-order valence-electron chi connectivity index (χ2n) is 6.06. The van der Waals surface area contributed by atoms with Crippen molar-refractivity contribution in [3.05, 3.63) is 52.7 Å². The zero-order valence-corrected chi connectivity index (χ0v) is 13.7. The average molecular weight is 307 g/mol. The lowest BCUT2D eigenvalue weighted by atomic mass is 9.92. The number of nitrogen functional groups attached to an aromatic ring is 1. The third-order valence-corrected chi connectivity index (χ3v) is 4.57. The van der Waals surface area contributed by atoms with Crippen molar-refractivity contribution < 1.29 is 4.79 Å². The van der Waals surface area contributed by atoms with Crippen LogP contribution in [0, 0.1) is 20.8 Å². The molecule has 1 aromatic heterocycles. The van der Waals surface area contributed by atoms with Gasteiger partial charge in [-0.05, 0) is 54.7 Å². The number of carbonyl (C=O) groups is 1. The van der Waals surface area contributed by atoms with Crippen LogP contribution in [-0.4, -0.2) is 10.9 Å². The molecule has 3 rings (SSSR count). The molecule has 23 heavy (non-hydrogen) atoms. The van der Waals surface area contributed by atoms with Gasteiger partial charge in [0.15, 0.2) is 0 Å². The molecule has 0 fully saturated rings. The van der Waals surface area contributed by atoms with Crippen LogP contribution in [0.25, 0.3) is 22.0 Å². The topological polar surface area (TPSA) is 84.9 Å². The molecule has 3 aromatic rings.